The van der Waals surface area contributed by atoms with Crippen LogP contribution in [0.15, 0.2) is 6.07 Å². The molecule has 0 bridgehead atoms. The van der Waals surface area contributed by atoms with Gasteiger partial charge in [0.15, 0.2) is 5.11 Å². The predicted octanol–water partition coefficient (Wildman–Crippen LogP) is 0.972. The first-order valence-electron chi connectivity index (χ1n) is 5.63. The molecule has 7 nitrogen and oxygen atoms in total. The standard InChI is InChI=1S/C10H17N5O2S/c1-7(2)12-10(18)11-4-5-14-8(3)6-9(13-14)15(16)17/h6-7H,4-5H2,1-3H3,(H2,11,12,18). The molecule has 0 unspecified atom stereocenters. The summed E-state index contributed by atoms with van der Waals surface area (Å²) >= 11 is 5.07. The number of nitrogens with one attached hydrogen (secondary N) is 2. The van der Waals surface area contributed by atoms with Gasteiger partial charge in [0.05, 0.1) is 23.4 Å². The SMILES string of the molecule is Cc1cc([N+](=O)[O-])nn1CCNC(=S)NC(C)C. The first-order chi connectivity index (χ1) is 8.40. The van der Waals surface area contributed by atoms with E-state index in [4.69, 9.17) is 12.2 Å². The van der Waals surface area contributed by atoms with Gasteiger partial charge >= 0.3 is 5.82 Å². The minimum Gasteiger partial charge on any atom is -0.361 e. The number of hydrogen-bond donors (Lipinski definition) is 2. The van der Waals surface area contributed by atoms with E-state index in [1.807, 2.05) is 13.8 Å². The largest absolute Gasteiger partial charge is 0.390 e. The van der Waals surface area contributed by atoms with Gasteiger partial charge in [0, 0.05) is 12.6 Å². The molecule has 0 aromatic carbocycles. The van der Waals surface area contributed by atoms with Crippen LogP contribution in [0.25, 0.3) is 0 Å². The summed E-state index contributed by atoms with van der Waals surface area (Å²) in [4.78, 5) is 10.1. The molecule has 0 radical (unpaired) electrons. The van der Waals surface area contributed by atoms with E-state index in [0.29, 0.717) is 18.2 Å². The Kier molecular flexibility index (Phi) is 5.02. The second-order valence-corrected chi connectivity index (χ2v) is 4.59. The Bertz CT molecular complexity index is 443. The van der Waals surface area contributed by atoms with E-state index in [2.05, 4.69) is 15.7 Å². The van der Waals surface area contributed by atoms with Gasteiger partial charge in [0.1, 0.15) is 0 Å². The van der Waals surface area contributed by atoms with Crippen LogP contribution in [-0.2, 0) is 6.54 Å². The second kappa shape index (κ2) is 6.29. The molecule has 1 aromatic heterocycles. The van der Waals surface area contributed by atoms with E-state index in [9.17, 15) is 10.1 Å². The molecule has 1 rings (SSSR count). The maximum Gasteiger partial charge on any atom is 0.390 e. The van der Waals surface area contributed by atoms with E-state index in [0.717, 1.165) is 5.69 Å². The molecule has 1 aromatic rings. The van der Waals surface area contributed by atoms with E-state index in [1.54, 1.807) is 11.6 Å². The molecule has 0 saturated carbocycles. The summed E-state index contributed by atoms with van der Waals surface area (Å²) in [5, 5.41) is 21.1. The summed E-state index contributed by atoms with van der Waals surface area (Å²) in [6, 6.07) is 1.72. The summed E-state index contributed by atoms with van der Waals surface area (Å²) in [6.07, 6.45) is 0. The van der Waals surface area contributed by atoms with Gasteiger partial charge in [-0.25, -0.2) is 0 Å². The Morgan fingerprint density at radius 1 is 1.67 bits per heavy atom. The lowest BCUT2D eigenvalue weighted by atomic mass is 10.4. The fraction of sp³-hybridized carbons (Fsp3) is 0.600. The van der Waals surface area contributed by atoms with Crippen molar-refractivity contribution in [2.45, 2.75) is 33.4 Å². The van der Waals surface area contributed by atoms with Crippen molar-refractivity contribution < 1.29 is 4.92 Å². The number of hydrogen-bond acceptors (Lipinski definition) is 4. The quantitative estimate of drug-likeness (QED) is 0.471. The number of aryl methyl sites for hydroxylation is 1. The molecule has 1 heterocycles. The van der Waals surface area contributed by atoms with Gasteiger partial charge in [0.25, 0.3) is 0 Å². The monoisotopic (exact) mass is 271 g/mol. The van der Waals surface area contributed by atoms with Gasteiger partial charge in [-0.3, -0.25) is 0 Å². The summed E-state index contributed by atoms with van der Waals surface area (Å²) in [5.74, 6) is -0.129. The first-order valence-corrected chi connectivity index (χ1v) is 6.04. The van der Waals surface area contributed by atoms with Crippen molar-refractivity contribution in [1.82, 2.24) is 20.4 Å². The summed E-state index contributed by atoms with van der Waals surface area (Å²) in [6.45, 7) is 6.87. The van der Waals surface area contributed by atoms with Crippen molar-refractivity contribution in [3.63, 3.8) is 0 Å². The van der Waals surface area contributed by atoms with Gasteiger partial charge < -0.3 is 20.7 Å². The van der Waals surface area contributed by atoms with Crippen LogP contribution in [0.3, 0.4) is 0 Å². The van der Waals surface area contributed by atoms with Crippen LogP contribution in [-0.4, -0.2) is 32.4 Å². The lowest BCUT2D eigenvalue weighted by molar-refractivity contribution is -0.389. The van der Waals surface area contributed by atoms with Gasteiger partial charge in [0.2, 0.25) is 0 Å². The number of rotatable bonds is 5. The molecule has 0 aliphatic rings. The van der Waals surface area contributed by atoms with E-state index >= 15 is 0 Å². The fourth-order valence-corrected chi connectivity index (χ4v) is 1.73. The molecule has 0 amide bonds. The van der Waals surface area contributed by atoms with Gasteiger partial charge in [-0.1, -0.05) is 0 Å². The van der Waals surface area contributed by atoms with Crippen molar-refractivity contribution in [2.75, 3.05) is 6.54 Å². The average Bonchev–Trinajstić information content (AvgIpc) is 2.59. The first kappa shape index (κ1) is 14.4. The minimum absolute atomic E-state index is 0.129. The van der Waals surface area contributed by atoms with Crippen LogP contribution in [0.4, 0.5) is 5.82 Å². The van der Waals surface area contributed by atoms with Crippen molar-refractivity contribution >= 4 is 23.1 Å². The van der Waals surface area contributed by atoms with Crippen LogP contribution in [0.1, 0.15) is 19.5 Å². The molecule has 18 heavy (non-hydrogen) atoms. The van der Waals surface area contributed by atoms with E-state index in [-0.39, 0.29) is 11.9 Å². The maximum atomic E-state index is 10.6. The summed E-state index contributed by atoms with van der Waals surface area (Å²) in [5.41, 5.74) is 0.756. The highest BCUT2D eigenvalue weighted by atomic mass is 32.1. The van der Waals surface area contributed by atoms with Crippen LogP contribution in [0.5, 0.6) is 0 Å². The minimum atomic E-state index is -0.498. The molecule has 0 atom stereocenters. The molecule has 2 N–H and O–H groups in total. The summed E-state index contributed by atoms with van der Waals surface area (Å²) < 4.78 is 1.59. The Morgan fingerprint density at radius 3 is 2.83 bits per heavy atom. The average molecular weight is 271 g/mol. The highest BCUT2D eigenvalue weighted by molar-refractivity contribution is 7.80. The Balaban J connectivity index is 2.44. The molecule has 8 heteroatoms. The van der Waals surface area contributed by atoms with E-state index < -0.39 is 4.92 Å². The van der Waals surface area contributed by atoms with E-state index in [1.165, 1.54) is 6.07 Å². The topological polar surface area (TPSA) is 85.0 Å². The molecule has 0 aliphatic heterocycles. The smallest absolute Gasteiger partial charge is 0.361 e. The Morgan fingerprint density at radius 2 is 2.33 bits per heavy atom. The Hall–Kier alpha value is -1.70. The molecule has 100 valence electrons. The zero-order valence-electron chi connectivity index (χ0n) is 10.6. The van der Waals surface area contributed by atoms with Gasteiger partial charge in [-0.05, 0) is 37.9 Å². The maximum absolute atomic E-state index is 10.6. The number of nitro groups is 1. The van der Waals surface area contributed by atoms with Crippen LogP contribution in [0, 0.1) is 17.0 Å². The number of thiocarbonyl (C=S) groups is 1. The van der Waals surface area contributed by atoms with Crippen molar-refractivity contribution in [3.05, 3.63) is 21.9 Å². The molecule has 0 saturated heterocycles. The highest BCUT2D eigenvalue weighted by Crippen LogP contribution is 2.10. The number of aromatic nitrogens is 2. The van der Waals surface area contributed by atoms with Crippen LogP contribution in [0.2, 0.25) is 0 Å². The molecule has 0 spiro atoms. The molecule has 0 fully saturated rings. The third-order valence-electron chi connectivity index (χ3n) is 2.18. The predicted molar refractivity (Wildman–Crippen MR) is 72.5 cm³/mol. The van der Waals surface area contributed by atoms with Crippen molar-refractivity contribution in [1.29, 1.82) is 0 Å². The fourth-order valence-electron chi connectivity index (χ4n) is 1.40. The zero-order chi connectivity index (χ0) is 13.7. The molecular weight excluding hydrogens is 254 g/mol. The lowest BCUT2D eigenvalue weighted by Crippen LogP contribution is -2.40. The van der Waals surface area contributed by atoms with Gasteiger partial charge in [-0.15, -0.1) is 0 Å². The molecular formula is C10H17N5O2S. The van der Waals surface area contributed by atoms with Gasteiger partial charge in [-0.2, -0.15) is 4.68 Å². The molecule has 0 aliphatic carbocycles. The van der Waals surface area contributed by atoms with Crippen molar-refractivity contribution in [3.8, 4) is 0 Å². The van der Waals surface area contributed by atoms with Crippen LogP contribution < -0.4 is 10.6 Å². The third kappa shape index (κ3) is 4.28. The second-order valence-electron chi connectivity index (χ2n) is 4.18. The normalized spacial score (nSPS) is 10.4. The lowest BCUT2D eigenvalue weighted by Gasteiger charge is -2.12. The number of nitrogens with zero attached hydrogens (tertiary/aromatic N) is 3. The Labute approximate surface area is 111 Å². The zero-order valence-corrected chi connectivity index (χ0v) is 11.5. The van der Waals surface area contributed by atoms with Crippen LogP contribution >= 0.6 is 12.2 Å². The highest BCUT2D eigenvalue weighted by Gasteiger charge is 2.14. The summed E-state index contributed by atoms with van der Waals surface area (Å²) in [7, 11) is 0. The third-order valence-corrected chi connectivity index (χ3v) is 2.45. The van der Waals surface area contributed by atoms with Crippen molar-refractivity contribution in [2.24, 2.45) is 0 Å².